The second-order valence-corrected chi connectivity index (χ2v) is 3.39. The molecule has 0 bridgehead atoms. The molecular weight excluding hydrogens is 236 g/mol. The van der Waals surface area contributed by atoms with E-state index in [0.717, 1.165) is 0 Å². The highest BCUT2D eigenvalue weighted by Crippen LogP contribution is 2.28. The van der Waals surface area contributed by atoms with E-state index in [2.05, 4.69) is 0 Å². The molecule has 5 heteroatoms. The number of aldehydes is 1. The summed E-state index contributed by atoms with van der Waals surface area (Å²) in [5, 5.41) is 0. The Balaban J connectivity index is 2.23. The summed E-state index contributed by atoms with van der Waals surface area (Å²) in [7, 11) is 1.42. The summed E-state index contributed by atoms with van der Waals surface area (Å²) >= 11 is 0. The van der Waals surface area contributed by atoms with E-state index in [4.69, 9.17) is 13.9 Å². The largest absolute Gasteiger partial charge is 0.493 e. The molecule has 92 valence electrons. The molecule has 0 unspecified atom stereocenters. The molecule has 5 nitrogen and oxygen atoms in total. The van der Waals surface area contributed by atoms with E-state index in [1.807, 2.05) is 0 Å². The van der Waals surface area contributed by atoms with Crippen LogP contribution < -0.4 is 9.47 Å². The van der Waals surface area contributed by atoms with Crippen LogP contribution in [-0.2, 0) is 0 Å². The molecule has 0 saturated heterocycles. The molecular formula is C13H10O5. The van der Waals surface area contributed by atoms with Gasteiger partial charge in [0.1, 0.15) is 6.29 Å². The Hall–Kier alpha value is -2.56. The van der Waals surface area contributed by atoms with E-state index in [-0.39, 0.29) is 11.5 Å². The molecule has 0 N–H and O–H groups in total. The molecule has 18 heavy (non-hydrogen) atoms. The van der Waals surface area contributed by atoms with E-state index in [9.17, 15) is 9.59 Å². The number of esters is 1. The van der Waals surface area contributed by atoms with Crippen molar-refractivity contribution in [1.82, 2.24) is 0 Å². The maximum atomic E-state index is 11.7. The minimum absolute atomic E-state index is 0.0940. The topological polar surface area (TPSA) is 65.7 Å². The lowest BCUT2D eigenvalue weighted by molar-refractivity contribution is 0.0696. The second kappa shape index (κ2) is 5.18. The normalized spacial score (nSPS) is 9.83. The van der Waals surface area contributed by atoms with Gasteiger partial charge in [-0.1, -0.05) is 0 Å². The zero-order valence-corrected chi connectivity index (χ0v) is 9.58. The lowest BCUT2D eigenvalue weighted by atomic mass is 10.2. The van der Waals surface area contributed by atoms with Crippen molar-refractivity contribution in [2.45, 2.75) is 0 Å². The molecule has 0 aliphatic rings. The van der Waals surface area contributed by atoms with Crippen molar-refractivity contribution in [1.29, 1.82) is 0 Å². The SMILES string of the molecule is COc1cc(C=O)ccc1OC(=O)c1ccco1. The van der Waals surface area contributed by atoms with Gasteiger partial charge in [-0.3, -0.25) is 4.79 Å². The van der Waals surface area contributed by atoms with E-state index in [0.29, 0.717) is 17.6 Å². The first-order valence-corrected chi connectivity index (χ1v) is 5.13. The average molecular weight is 246 g/mol. The van der Waals surface area contributed by atoms with E-state index >= 15 is 0 Å². The Morgan fingerprint density at radius 3 is 2.72 bits per heavy atom. The highest BCUT2D eigenvalue weighted by molar-refractivity contribution is 5.88. The van der Waals surface area contributed by atoms with Gasteiger partial charge in [-0.25, -0.2) is 4.79 Å². The summed E-state index contributed by atoms with van der Waals surface area (Å²) in [4.78, 5) is 22.3. The third kappa shape index (κ3) is 2.40. The Morgan fingerprint density at radius 2 is 2.11 bits per heavy atom. The third-order valence-electron chi connectivity index (χ3n) is 2.25. The van der Waals surface area contributed by atoms with Crippen molar-refractivity contribution in [2.75, 3.05) is 7.11 Å². The first-order valence-electron chi connectivity index (χ1n) is 5.13. The van der Waals surface area contributed by atoms with Crippen LogP contribution in [0.3, 0.4) is 0 Å². The molecule has 0 amide bonds. The van der Waals surface area contributed by atoms with Crippen LogP contribution in [-0.4, -0.2) is 19.4 Å². The van der Waals surface area contributed by atoms with Crippen LogP contribution in [0.25, 0.3) is 0 Å². The fourth-order valence-corrected chi connectivity index (χ4v) is 1.39. The number of furan rings is 1. The molecule has 0 spiro atoms. The monoisotopic (exact) mass is 246 g/mol. The highest BCUT2D eigenvalue weighted by Gasteiger charge is 2.14. The van der Waals surface area contributed by atoms with Gasteiger partial charge in [0.25, 0.3) is 0 Å². The molecule has 1 heterocycles. The van der Waals surface area contributed by atoms with Gasteiger partial charge >= 0.3 is 5.97 Å². The molecule has 0 aliphatic heterocycles. The molecule has 0 aliphatic carbocycles. The zero-order valence-electron chi connectivity index (χ0n) is 9.58. The van der Waals surface area contributed by atoms with E-state index in [1.165, 1.54) is 37.6 Å². The summed E-state index contributed by atoms with van der Waals surface area (Å²) in [6, 6.07) is 7.58. The van der Waals surface area contributed by atoms with Crippen LogP contribution in [0.15, 0.2) is 41.0 Å². The number of hydrogen-bond donors (Lipinski definition) is 0. The van der Waals surface area contributed by atoms with E-state index < -0.39 is 5.97 Å². The molecule has 2 rings (SSSR count). The number of ether oxygens (including phenoxy) is 2. The summed E-state index contributed by atoms with van der Waals surface area (Å²) in [6.07, 6.45) is 2.06. The van der Waals surface area contributed by atoms with Gasteiger partial charge in [0.2, 0.25) is 5.76 Å². The molecule has 1 aromatic heterocycles. The van der Waals surface area contributed by atoms with Gasteiger partial charge < -0.3 is 13.9 Å². The number of methoxy groups -OCH3 is 1. The average Bonchev–Trinajstić information content (AvgIpc) is 2.93. The summed E-state index contributed by atoms with van der Waals surface area (Å²) in [5.74, 6) is -0.00215. The fourth-order valence-electron chi connectivity index (χ4n) is 1.39. The first-order chi connectivity index (χ1) is 8.74. The fraction of sp³-hybridized carbons (Fsp3) is 0.0769. The maximum Gasteiger partial charge on any atom is 0.379 e. The lowest BCUT2D eigenvalue weighted by Crippen LogP contribution is -2.08. The molecule has 0 atom stereocenters. The Bertz CT molecular complexity index is 557. The van der Waals surface area contributed by atoms with Gasteiger partial charge in [-0.15, -0.1) is 0 Å². The first kappa shape index (κ1) is 11.9. The molecule has 0 fully saturated rings. The number of benzene rings is 1. The predicted octanol–water partition coefficient (Wildman–Crippen LogP) is 2.32. The Morgan fingerprint density at radius 1 is 1.28 bits per heavy atom. The van der Waals surface area contributed by atoms with Crippen molar-refractivity contribution in [3.05, 3.63) is 47.9 Å². The number of hydrogen-bond acceptors (Lipinski definition) is 5. The summed E-state index contributed by atoms with van der Waals surface area (Å²) in [6.45, 7) is 0. The van der Waals surface area contributed by atoms with Crippen LogP contribution >= 0.6 is 0 Å². The standard InChI is InChI=1S/C13H10O5/c1-16-12-7-9(8-14)4-5-10(12)18-13(15)11-3-2-6-17-11/h2-8H,1H3. The molecule has 0 radical (unpaired) electrons. The van der Waals surface area contributed by atoms with Gasteiger partial charge in [-0.2, -0.15) is 0 Å². The van der Waals surface area contributed by atoms with Crippen molar-refractivity contribution in [3.8, 4) is 11.5 Å². The van der Waals surface area contributed by atoms with Crippen molar-refractivity contribution >= 4 is 12.3 Å². The lowest BCUT2D eigenvalue weighted by Gasteiger charge is -2.08. The van der Waals surface area contributed by atoms with Crippen molar-refractivity contribution in [2.24, 2.45) is 0 Å². The molecule has 1 aromatic carbocycles. The summed E-state index contributed by atoms with van der Waals surface area (Å²) < 4.78 is 15.1. The Labute approximate surface area is 103 Å². The van der Waals surface area contributed by atoms with Crippen LogP contribution in [0, 0.1) is 0 Å². The van der Waals surface area contributed by atoms with Gasteiger partial charge in [-0.05, 0) is 30.3 Å². The smallest absolute Gasteiger partial charge is 0.379 e. The predicted molar refractivity (Wildman–Crippen MR) is 62.0 cm³/mol. The number of carbonyl (C=O) groups is 2. The van der Waals surface area contributed by atoms with E-state index in [1.54, 1.807) is 6.07 Å². The zero-order chi connectivity index (χ0) is 13.0. The van der Waals surface area contributed by atoms with Crippen LogP contribution in [0.1, 0.15) is 20.9 Å². The quantitative estimate of drug-likeness (QED) is 0.470. The minimum Gasteiger partial charge on any atom is -0.493 e. The molecule has 0 saturated carbocycles. The maximum absolute atomic E-state index is 11.7. The van der Waals surface area contributed by atoms with Crippen LogP contribution in [0.4, 0.5) is 0 Å². The summed E-state index contributed by atoms with van der Waals surface area (Å²) in [5.41, 5.74) is 0.435. The number of carbonyl (C=O) groups excluding carboxylic acids is 2. The second-order valence-electron chi connectivity index (χ2n) is 3.39. The van der Waals surface area contributed by atoms with Crippen LogP contribution in [0.2, 0.25) is 0 Å². The third-order valence-corrected chi connectivity index (χ3v) is 2.25. The highest BCUT2D eigenvalue weighted by atomic mass is 16.6. The molecule has 2 aromatic rings. The van der Waals surface area contributed by atoms with Crippen molar-refractivity contribution in [3.63, 3.8) is 0 Å². The van der Waals surface area contributed by atoms with Gasteiger partial charge in [0.15, 0.2) is 11.5 Å². The van der Waals surface area contributed by atoms with Gasteiger partial charge in [0.05, 0.1) is 13.4 Å². The van der Waals surface area contributed by atoms with Crippen LogP contribution in [0.5, 0.6) is 11.5 Å². The van der Waals surface area contributed by atoms with Crippen molar-refractivity contribution < 1.29 is 23.5 Å². The minimum atomic E-state index is -0.628. The number of rotatable bonds is 4. The Kier molecular flexibility index (Phi) is 3.43. The van der Waals surface area contributed by atoms with Gasteiger partial charge in [0, 0.05) is 5.56 Å².